The van der Waals surface area contributed by atoms with Crippen LogP contribution in [0.25, 0.3) is 0 Å². The van der Waals surface area contributed by atoms with Gasteiger partial charge in [0, 0.05) is 30.2 Å². The number of aliphatic hydroxyl groups excluding tert-OH is 1. The second-order valence-corrected chi connectivity index (χ2v) is 10.4. The first-order chi connectivity index (χ1) is 18.3. The van der Waals surface area contributed by atoms with E-state index in [4.69, 9.17) is 21.1 Å². The zero-order valence-electron chi connectivity index (χ0n) is 20.9. The number of halogens is 1. The van der Waals surface area contributed by atoms with Gasteiger partial charge in [0.05, 0.1) is 25.2 Å². The summed E-state index contributed by atoms with van der Waals surface area (Å²) in [6.45, 7) is 1.50. The van der Waals surface area contributed by atoms with Crippen molar-refractivity contribution in [1.82, 2.24) is 10.2 Å². The van der Waals surface area contributed by atoms with E-state index in [0.29, 0.717) is 17.1 Å². The number of aliphatic hydroxyl groups is 1. The number of hydrogen-bond acceptors (Lipinski definition) is 7. The Kier molecular flexibility index (Phi) is 7.30. The summed E-state index contributed by atoms with van der Waals surface area (Å²) in [5, 5.41) is 13.0. The Balaban J connectivity index is 1.58. The first-order valence-electron chi connectivity index (χ1n) is 12.7. The Hall–Kier alpha value is -3.21. The zero-order chi connectivity index (χ0) is 27.0. The van der Waals surface area contributed by atoms with Gasteiger partial charge in [-0.15, -0.1) is 0 Å². The van der Waals surface area contributed by atoms with Crippen molar-refractivity contribution in [3.05, 3.63) is 53.6 Å². The molecule has 0 radical (unpaired) electrons. The molecule has 4 aliphatic rings. The minimum atomic E-state index is -1.38. The van der Waals surface area contributed by atoms with E-state index in [1.807, 2.05) is 6.08 Å². The molecule has 5 rings (SSSR count). The molecule has 2 N–H and O–H groups in total. The van der Waals surface area contributed by atoms with Gasteiger partial charge in [0.15, 0.2) is 0 Å². The van der Waals surface area contributed by atoms with Crippen LogP contribution in [0.4, 0.5) is 5.69 Å². The molecule has 1 aromatic carbocycles. The summed E-state index contributed by atoms with van der Waals surface area (Å²) in [4.78, 5) is 56.4. The lowest BCUT2D eigenvalue weighted by Crippen LogP contribution is -2.56. The molecule has 4 aliphatic heterocycles. The van der Waals surface area contributed by atoms with Crippen LogP contribution in [-0.4, -0.2) is 83.8 Å². The van der Waals surface area contributed by atoms with Crippen molar-refractivity contribution >= 4 is 41.0 Å². The minimum Gasteiger partial charge on any atom is -0.460 e. The SMILES string of the molecule is C[C@H]1CNC(=O)CC/C=C\CN(c2ccc(Cl)cc2)C(=O)[C@H]2N(CCO)C(=O)[C@@H]3[C@@H](C(=O)O1)[C@H]1C=C[C@]32O1. The fraction of sp³-hybridized carbons (Fsp3) is 0.481. The Morgan fingerprint density at radius 1 is 1.13 bits per heavy atom. The second kappa shape index (κ2) is 10.5. The number of carbonyl (C=O) groups is 4. The molecule has 202 valence electrons. The number of benzene rings is 1. The van der Waals surface area contributed by atoms with Gasteiger partial charge in [0.1, 0.15) is 23.7 Å². The summed E-state index contributed by atoms with van der Waals surface area (Å²) in [7, 11) is 0. The van der Waals surface area contributed by atoms with Gasteiger partial charge in [0.25, 0.3) is 5.91 Å². The van der Waals surface area contributed by atoms with Crippen molar-refractivity contribution in [3.63, 3.8) is 0 Å². The topological polar surface area (TPSA) is 125 Å². The molecule has 3 amide bonds. The lowest BCUT2D eigenvalue weighted by molar-refractivity contribution is -0.158. The highest BCUT2D eigenvalue weighted by molar-refractivity contribution is 6.30. The maximum absolute atomic E-state index is 14.3. The summed E-state index contributed by atoms with van der Waals surface area (Å²) >= 11 is 6.08. The van der Waals surface area contributed by atoms with Crippen LogP contribution in [0.2, 0.25) is 5.02 Å². The highest BCUT2D eigenvalue weighted by atomic mass is 35.5. The fourth-order valence-electron chi connectivity index (χ4n) is 5.83. The van der Waals surface area contributed by atoms with Crippen LogP contribution in [-0.2, 0) is 28.7 Å². The highest BCUT2D eigenvalue weighted by Crippen LogP contribution is 2.55. The highest BCUT2D eigenvalue weighted by Gasteiger charge is 2.73. The minimum absolute atomic E-state index is 0.0934. The number of carbonyl (C=O) groups excluding carboxylic acids is 4. The number of allylic oxidation sites excluding steroid dienone is 1. The Bertz CT molecular complexity index is 1190. The molecule has 5 bridgehead atoms. The third-order valence-corrected chi connectivity index (χ3v) is 7.77. The summed E-state index contributed by atoms with van der Waals surface area (Å²) < 4.78 is 11.9. The number of esters is 1. The molecule has 10 nitrogen and oxygen atoms in total. The van der Waals surface area contributed by atoms with Gasteiger partial charge >= 0.3 is 5.97 Å². The molecule has 6 atom stereocenters. The van der Waals surface area contributed by atoms with Crippen LogP contribution < -0.4 is 10.2 Å². The number of likely N-dealkylation sites (tertiary alicyclic amines) is 1. The van der Waals surface area contributed by atoms with E-state index in [1.165, 1.54) is 9.80 Å². The Morgan fingerprint density at radius 2 is 1.89 bits per heavy atom. The molecular weight excluding hydrogens is 514 g/mol. The molecular formula is C27H30ClN3O7. The molecule has 0 unspecified atom stereocenters. The number of hydrogen-bond donors (Lipinski definition) is 2. The molecule has 2 saturated heterocycles. The summed E-state index contributed by atoms with van der Waals surface area (Å²) in [6, 6.07) is 5.63. The summed E-state index contributed by atoms with van der Waals surface area (Å²) in [5.41, 5.74) is -0.824. The van der Waals surface area contributed by atoms with E-state index in [9.17, 15) is 24.3 Å². The van der Waals surface area contributed by atoms with Crippen LogP contribution in [0.3, 0.4) is 0 Å². The third kappa shape index (κ3) is 4.50. The van der Waals surface area contributed by atoms with Crippen molar-refractivity contribution in [3.8, 4) is 0 Å². The first kappa shape index (κ1) is 26.4. The smallest absolute Gasteiger partial charge is 0.313 e. The fourth-order valence-corrected chi connectivity index (χ4v) is 5.96. The van der Waals surface area contributed by atoms with Gasteiger partial charge < -0.3 is 29.7 Å². The van der Waals surface area contributed by atoms with Crippen LogP contribution in [0.1, 0.15) is 19.8 Å². The monoisotopic (exact) mass is 543 g/mol. The van der Waals surface area contributed by atoms with Gasteiger partial charge in [-0.25, -0.2) is 0 Å². The first-order valence-corrected chi connectivity index (χ1v) is 13.1. The average Bonchev–Trinajstić information content (AvgIpc) is 3.53. The largest absolute Gasteiger partial charge is 0.460 e. The van der Waals surface area contributed by atoms with Crippen LogP contribution >= 0.6 is 11.6 Å². The van der Waals surface area contributed by atoms with Gasteiger partial charge in [-0.1, -0.05) is 35.9 Å². The van der Waals surface area contributed by atoms with Crippen molar-refractivity contribution in [2.75, 3.05) is 31.1 Å². The number of amides is 3. The van der Waals surface area contributed by atoms with Crippen molar-refractivity contribution in [2.24, 2.45) is 11.8 Å². The predicted molar refractivity (Wildman–Crippen MR) is 137 cm³/mol. The van der Waals surface area contributed by atoms with Crippen molar-refractivity contribution in [2.45, 2.75) is 43.6 Å². The standard InChI is InChI=1S/C27H30ClN3O7/c1-16-15-29-20(33)5-3-2-4-12-30(18-8-6-17(28)7-9-18)25(35)23-27-11-10-19(38-27)21(26(36)37-16)22(27)24(34)31(23)13-14-32/h2,4,6-11,16,19,21-23,32H,3,5,12-15H2,1H3,(H,29,33)/b4-2-/t16-,19+,21-,22-,23+,27-/m0/s1. The maximum atomic E-state index is 14.3. The number of cyclic esters (lactones) is 1. The van der Waals surface area contributed by atoms with E-state index < -0.39 is 53.5 Å². The molecule has 4 heterocycles. The van der Waals surface area contributed by atoms with E-state index in [2.05, 4.69) is 5.32 Å². The van der Waals surface area contributed by atoms with Crippen molar-refractivity contribution < 1.29 is 33.8 Å². The summed E-state index contributed by atoms with van der Waals surface area (Å²) in [6.07, 6.45) is 6.35. The normalized spacial score (nSPS) is 34.3. The number of anilines is 1. The average molecular weight is 544 g/mol. The third-order valence-electron chi connectivity index (χ3n) is 7.52. The number of rotatable bonds is 3. The van der Waals surface area contributed by atoms with Gasteiger partial charge in [-0.3, -0.25) is 19.2 Å². The molecule has 0 aromatic heterocycles. The van der Waals surface area contributed by atoms with E-state index >= 15 is 0 Å². The van der Waals surface area contributed by atoms with E-state index in [1.54, 1.807) is 49.4 Å². The predicted octanol–water partition coefficient (Wildman–Crippen LogP) is 1.21. The Morgan fingerprint density at radius 3 is 2.63 bits per heavy atom. The number of fused-ring (bicyclic) bond motifs is 2. The van der Waals surface area contributed by atoms with Crippen LogP contribution in [0, 0.1) is 11.8 Å². The molecule has 1 aromatic rings. The molecule has 0 aliphatic carbocycles. The van der Waals surface area contributed by atoms with Gasteiger partial charge in [-0.05, 0) is 37.6 Å². The van der Waals surface area contributed by atoms with Crippen molar-refractivity contribution in [1.29, 1.82) is 0 Å². The number of nitrogens with one attached hydrogen (secondary N) is 1. The molecule has 38 heavy (non-hydrogen) atoms. The molecule has 0 saturated carbocycles. The van der Waals surface area contributed by atoms with Gasteiger partial charge in [-0.2, -0.15) is 0 Å². The number of ether oxygens (including phenoxy) is 2. The lowest BCUT2D eigenvalue weighted by Gasteiger charge is -2.35. The second-order valence-electron chi connectivity index (χ2n) is 9.94. The zero-order valence-corrected chi connectivity index (χ0v) is 21.7. The summed E-state index contributed by atoms with van der Waals surface area (Å²) in [5.74, 6) is -3.61. The maximum Gasteiger partial charge on any atom is 0.313 e. The quantitative estimate of drug-likeness (QED) is 0.433. The van der Waals surface area contributed by atoms with E-state index in [0.717, 1.165) is 0 Å². The van der Waals surface area contributed by atoms with Crippen LogP contribution in [0.5, 0.6) is 0 Å². The molecule has 1 spiro atoms. The van der Waals surface area contributed by atoms with Gasteiger partial charge in [0.2, 0.25) is 11.8 Å². The number of β-amino-alcohol motifs (C(OH)–C–C–N with tert-alkyl or cyclic N) is 1. The van der Waals surface area contributed by atoms with Crippen LogP contribution in [0.15, 0.2) is 48.6 Å². The lowest BCUT2D eigenvalue weighted by atomic mass is 9.74. The number of nitrogens with zero attached hydrogens (tertiary/aromatic N) is 2. The molecule has 11 heteroatoms. The molecule has 2 fully saturated rings. The Labute approximate surface area is 225 Å². The van der Waals surface area contributed by atoms with E-state index in [-0.39, 0.29) is 38.6 Å².